The first-order valence-electron chi connectivity index (χ1n) is 4.38. The molecule has 1 aromatic rings. The van der Waals surface area contributed by atoms with Gasteiger partial charge < -0.3 is 9.64 Å². The van der Waals surface area contributed by atoms with Crippen molar-refractivity contribution in [1.82, 2.24) is 0 Å². The summed E-state index contributed by atoms with van der Waals surface area (Å²) in [5.74, 6) is -0.115. The van der Waals surface area contributed by atoms with Crippen LogP contribution in [0, 0.1) is 0 Å². The minimum Gasteiger partial charge on any atom is -0.480 e. The highest BCUT2D eigenvalue weighted by atomic mass is 35.7. The lowest BCUT2D eigenvalue weighted by Gasteiger charge is -2.26. The van der Waals surface area contributed by atoms with Crippen LogP contribution in [0.4, 0.5) is 5.69 Å². The fourth-order valence-electron chi connectivity index (χ4n) is 1.47. The van der Waals surface area contributed by atoms with Crippen LogP contribution in [-0.2, 0) is 13.8 Å². The van der Waals surface area contributed by atoms with Gasteiger partial charge in [0.1, 0.15) is 4.90 Å². The Morgan fingerprint density at radius 3 is 2.75 bits per heavy atom. The monoisotopic (exact) mass is 261 g/mol. The largest absolute Gasteiger partial charge is 0.480 e. The third-order valence-electron chi connectivity index (χ3n) is 2.30. The van der Waals surface area contributed by atoms with Gasteiger partial charge in [-0.05, 0) is 12.1 Å². The molecule has 1 aliphatic rings. The molecule has 0 aromatic heterocycles. The van der Waals surface area contributed by atoms with Crippen molar-refractivity contribution in [2.24, 2.45) is 0 Å². The van der Waals surface area contributed by atoms with Crippen molar-refractivity contribution in [3.63, 3.8) is 0 Å². The van der Waals surface area contributed by atoms with Crippen molar-refractivity contribution >= 4 is 31.3 Å². The third-order valence-corrected chi connectivity index (χ3v) is 3.64. The summed E-state index contributed by atoms with van der Waals surface area (Å²) in [5, 5.41) is 0. The predicted octanol–water partition coefficient (Wildman–Crippen LogP) is 0.969. The highest BCUT2D eigenvalue weighted by Crippen LogP contribution is 2.38. The molecule has 7 heteroatoms. The number of halogens is 1. The molecule has 1 aliphatic heterocycles. The van der Waals surface area contributed by atoms with E-state index < -0.39 is 9.05 Å². The number of para-hydroxylation sites is 1. The Balaban J connectivity index is 2.67. The molecule has 0 aliphatic carbocycles. The fourth-order valence-corrected chi connectivity index (χ4v) is 2.46. The Kier molecular flexibility index (Phi) is 2.55. The van der Waals surface area contributed by atoms with E-state index in [0.29, 0.717) is 5.69 Å². The zero-order valence-corrected chi connectivity index (χ0v) is 9.88. The molecule has 0 spiro atoms. The molecule has 1 heterocycles. The van der Waals surface area contributed by atoms with Crippen LogP contribution in [0.5, 0.6) is 5.75 Å². The molecule has 2 rings (SSSR count). The molecule has 0 bridgehead atoms. The van der Waals surface area contributed by atoms with Gasteiger partial charge >= 0.3 is 0 Å². The van der Waals surface area contributed by atoms with Crippen LogP contribution >= 0.6 is 10.7 Å². The lowest BCUT2D eigenvalue weighted by atomic mass is 10.2. The number of likely N-dealkylation sites (N-methyl/N-ethyl adjacent to an activating group) is 1. The molecule has 5 nitrogen and oxygen atoms in total. The molecular formula is C9H8ClNO4S. The Hall–Kier alpha value is -1.27. The fraction of sp³-hybridized carbons (Fsp3) is 0.222. The van der Waals surface area contributed by atoms with Gasteiger partial charge in [-0.2, -0.15) is 0 Å². The number of rotatable bonds is 1. The summed E-state index contributed by atoms with van der Waals surface area (Å²) in [4.78, 5) is 12.6. The zero-order chi connectivity index (χ0) is 11.9. The summed E-state index contributed by atoms with van der Waals surface area (Å²) in [7, 11) is 2.94. The Bertz CT molecular complexity index is 555. The van der Waals surface area contributed by atoms with Crippen molar-refractivity contribution in [3.8, 4) is 5.75 Å². The molecule has 0 atom stereocenters. The average Bonchev–Trinajstić information content (AvgIpc) is 2.21. The molecule has 0 fully saturated rings. The average molecular weight is 262 g/mol. The quantitative estimate of drug-likeness (QED) is 0.707. The van der Waals surface area contributed by atoms with Crippen molar-refractivity contribution in [1.29, 1.82) is 0 Å². The van der Waals surface area contributed by atoms with Gasteiger partial charge in [0.15, 0.2) is 12.4 Å². The van der Waals surface area contributed by atoms with Crippen molar-refractivity contribution < 1.29 is 17.9 Å². The number of hydrogen-bond donors (Lipinski definition) is 0. The van der Waals surface area contributed by atoms with E-state index in [9.17, 15) is 13.2 Å². The number of carbonyl (C=O) groups excluding carboxylic acids is 1. The van der Waals surface area contributed by atoms with Gasteiger partial charge in [-0.25, -0.2) is 8.42 Å². The molecule has 1 amide bonds. The van der Waals surface area contributed by atoms with Gasteiger partial charge in [0.25, 0.3) is 15.0 Å². The molecule has 16 heavy (non-hydrogen) atoms. The van der Waals surface area contributed by atoms with E-state index in [1.807, 2.05) is 0 Å². The molecule has 0 unspecified atom stereocenters. The maximum Gasteiger partial charge on any atom is 0.265 e. The van der Waals surface area contributed by atoms with Crippen LogP contribution in [0.1, 0.15) is 0 Å². The second-order valence-electron chi connectivity index (χ2n) is 3.28. The smallest absolute Gasteiger partial charge is 0.265 e. The van der Waals surface area contributed by atoms with Crippen molar-refractivity contribution in [2.75, 3.05) is 18.6 Å². The SMILES string of the molecule is CN1C(=O)COc2c1cccc2S(=O)(=O)Cl. The molecular weight excluding hydrogens is 254 g/mol. The van der Waals surface area contributed by atoms with E-state index in [1.54, 1.807) is 13.1 Å². The van der Waals surface area contributed by atoms with Crippen molar-refractivity contribution in [3.05, 3.63) is 18.2 Å². The van der Waals surface area contributed by atoms with Crippen LogP contribution in [0.2, 0.25) is 0 Å². The van der Waals surface area contributed by atoms with E-state index in [-0.39, 0.29) is 23.2 Å². The van der Waals surface area contributed by atoms with Crippen molar-refractivity contribution in [2.45, 2.75) is 4.90 Å². The third kappa shape index (κ3) is 1.74. The van der Waals surface area contributed by atoms with Gasteiger partial charge in [0.2, 0.25) is 0 Å². The summed E-state index contributed by atoms with van der Waals surface area (Å²) in [6, 6.07) is 4.44. The minimum absolute atomic E-state index is 0.119. The molecule has 0 saturated carbocycles. The van der Waals surface area contributed by atoms with Gasteiger partial charge in [0, 0.05) is 17.7 Å². The number of hydrogen-bond acceptors (Lipinski definition) is 4. The zero-order valence-electron chi connectivity index (χ0n) is 8.31. The molecule has 86 valence electrons. The molecule has 1 aromatic carbocycles. The number of nitrogens with zero attached hydrogens (tertiary/aromatic N) is 1. The van der Waals surface area contributed by atoms with E-state index in [2.05, 4.69) is 0 Å². The molecule has 0 saturated heterocycles. The maximum absolute atomic E-state index is 11.3. The van der Waals surface area contributed by atoms with Crippen LogP contribution in [0.15, 0.2) is 23.1 Å². The first kappa shape index (κ1) is 11.2. The number of anilines is 1. The van der Waals surface area contributed by atoms with E-state index >= 15 is 0 Å². The van der Waals surface area contributed by atoms with Gasteiger partial charge in [-0.15, -0.1) is 0 Å². The van der Waals surface area contributed by atoms with E-state index in [0.717, 1.165) is 0 Å². The van der Waals surface area contributed by atoms with E-state index in [1.165, 1.54) is 17.0 Å². The molecule has 0 radical (unpaired) electrons. The predicted molar refractivity (Wildman–Crippen MR) is 58.4 cm³/mol. The Labute approximate surface area is 97.0 Å². The first-order valence-corrected chi connectivity index (χ1v) is 6.69. The van der Waals surface area contributed by atoms with Gasteiger partial charge in [-0.1, -0.05) is 6.07 Å². The van der Waals surface area contributed by atoms with E-state index in [4.69, 9.17) is 15.4 Å². The highest BCUT2D eigenvalue weighted by Gasteiger charge is 2.28. The first-order chi connectivity index (χ1) is 7.41. The lowest BCUT2D eigenvalue weighted by Crippen LogP contribution is -2.35. The second-order valence-corrected chi connectivity index (χ2v) is 5.82. The maximum atomic E-state index is 11.3. The highest BCUT2D eigenvalue weighted by molar-refractivity contribution is 8.13. The number of fused-ring (bicyclic) bond motifs is 1. The summed E-state index contributed by atoms with van der Waals surface area (Å²) >= 11 is 0. The number of amides is 1. The Morgan fingerprint density at radius 2 is 2.12 bits per heavy atom. The minimum atomic E-state index is -3.88. The van der Waals surface area contributed by atoms with Crippen LogP contribution < -0.4 is 9.64 Å². The van der Waals surface area contributed by atoms with Crippen LogP contribution in [0.3, 0.4) is 0 Å². The summed E-state index contributed by atoms with van der Waals surface area (Å²) in [6.07, 6.45) is 0. The summed E-state index contributed by atoms with van der Waals surface area (Å²) in [5.41, 5.74) is 0.401. The number of benzene rings is 1. The molecule has 0 N–H and O–H groups in total. The standard InChI is InChI=1S/C9H8ClNO4S/c1-11-6-3-2-4-7(16(10,13)14)9(6)15-5-8(11)12/h2-4H,5H2,1H3. The normalized spacial score (nSPS) is 15.6. The van der Waals surface area contributed by atoms with Gasteiger partial charge in [0.05, 0.1) is 5.69 Å². The topological polar surface area (TPSA) is 63.7 Å². The Morgan fingerprint density at radius 1 is 1.44 bits per heavy atom. The van der Waals surface area contributed by atoms with Crippen LogP contribution in [-0.4, -0.2) is 28.0 Å². The second kappa shape index (κ2) is 3.64. The van der Waals surface area contributed by atoms with Crippen LogP contribution in [0.25, 0.3) is 0 Å². The van der Waals surface area contributed by atoms with Gasteiger partial charge in [-0.3, -0.25) is 4.79 Å². The number of carbonyl (C=O) groups is 1. The summed E-state index contributed by atoms with van der Waals surface area (Å²) in [6.45, 7) is -0.188. The number of ether oxygens (including phenoxy) is 1. The lowest BCUT2D eigenvalue weighted by molar-refractivity contribution is -0.121. The summed E-state index contributed by atoms with van der Waals surface area (Å²) < 4.78 is 27.7.